The first-order chi connectivity index (χ1) is 19.1. The van der Waals surface area contributed by atoms with Crippen LogP contribution in [0.25, 0.3) is 11.1 Å². The van der Waals surface area contributed by atoms with Crippen molar-refractivity contribution < 1.29 is 13.9 Å². The smallest absolute Gasteiger partial charge is 0.319 e. The molecule has 3 aromatic carbocycles. The molecule has 5 rings (SSSR count). The van der Waals surface area contributed by atoms with Gasteiger partial charge in [-0.05, 0) is 70.3 Å². The van der Waals surface area contributed by atoms with E-state index in [4.69, 9.17) is 4.74 Å². The van der Waals surface area contributed by atoms with Crippen LogP contribution < -0.4 is 20.7 Å². The lowest BCUT2D eigenvalue weighted by molar-refractivity contribution is 0.233. The molecule has 200 valence electrons. The summed E-state index contributed by atoms with van der Waals surface area (Å²) in [6, 6.07) is 23.6. The fraction of sp³-hybridized carbons (Fsp3) is 0.226. The summed E-state index contributed by atoms with van der Waals surface area (Å²) in [6.45, 7) is 5.43. The van der Waals surface area contributed by atoms with Crippen LogP contribution in [-0.2, 0) is 19.7 Å². The van der Waals surface area contributed by atoms with E-state index in [1.54, 1.807) is 48.8 Å². The highest BCUT2D eigenvalue weighted by Gasteiger charge is 2.15. The Labute approximate surface area is 228 Å². The number of piperazine rings is 1. The first kappa shape index (κ1) is 26.3. The molecule has 1 aliphatic rings. The Kier molecular flexibility index (Phi) is 8.78. The number of aromatic nitrogens is 1. The van der Waals surface area contributed by atoms with E-state index in [9.17, 15) is 9.18 Å². The molecule has 1 aromatic heterocycles. The number of urea groups is 1. The summed E-state index contributed by atoms with van der Waals surface area (Å²) in [5.41, 5.74) is 5.50. The summed E-state index contributed by atoms with van der Waals surface area (Å²) >= 11 is 0. The summed E-state index contributed by atoms with van der Waals surface area (Å²) in [6.07, 6.45) is 3.40. The Balaban J connectivity index is 1.22. The van der Waals surface area contributed by atoms with Crippen molar-refractivity contribution in [3.8, 4) is 16.9 Å². The van der Waals surface area contributed by atoms with Gasteiger partial charge in [-0.2, -0.15) is 0 Å². The van der Waals surface area contributed by atoms with E-state index < -0.39 is 0 Å². The summed E-state index contributed by atoms with van der Waals surface area (Å²) in [4.78, 5) is 18.7. The van der Waals surface area contributed by atoms with E-state index in [0.29, 0.717) is 18.0 Å². The number of nitrogens with one attached hydrogen (secondary N) is 3. The topological polar surface area (TPSA) is 78.5 Å². The van der Waals surface area contributed by atoms with Crippen LogP contribution in [0, 0.1) is 5.82 Å². The second kappa shape index (κ2) is 13.0. The molecule has 7 nitrogen and oxygen atoms in total. The molecule has 1 saturated heterocycles. The van der Waals surface area contributed by atoms with Crippen LogP contribution in [0.15, 0.2) is 91.3 Å². The maximum absolute atomic E-state index is 14.4. The van der Waals surface area contributed by atoms with Gasteiger partial charge in [-0.1, -0.05) is 36.4 Å². The second-order valence-electron chi connectivity index (χ2n) is 9.47. The molecule has 2 amide bonds. The van der Waals surface area contributed by atoms with Gasteiger partial charge in [0, 0.05) is 57.3 Å². The molecule has 0 saturated carbocycles. The number of anilines is 1. The molecule has 0 atom stereocenters. The zero-order valence-electron chi connectivity index (χ0n) is 21.7. The second-order valence-corrected chi connectivity index (χ2v) is 9.47. The first-order valence-corrected chi connectivity index (χ1v) is 13.1. The molecule has 0 aliphatic carbocycles. The maximum Gasteiger partial charge on any atom is 0.319 e. The average molecular weight is 526 g/mol. The number of pyridine rings is 1. The molecule has 0 bridgehead atoms. The molecule has 8 heteroatoms. The SMILES string of the molecule is O=C(NCc1cccnc1)Nc1ccc(OCc2ccc(F)cc2-c2ccccc2CN2CCNCC2)cc1. The van der Waals surface area contributed by atoms with Crippen LogP contribution in [0.1, 0.15) is 16.7 Å². The van der Waals surface area contributed by atoms with E-state index in [1.165, 1.54) is 11.6 Å². The van der Waals surface area contributed by atoms with Crippen LogP contribution in [0.4, 0.5) is 14.9 Å². The van der Waals surface area contributed by atoms with E-state index in [2.05, 4.69) is 38.0 Å². The fourth-order valence-corrected chi connectivity index (χ4v) is 4.61. The van der Waals surface area contributed by atoms with Gasteiger partial charge in [0.05, 0.1) is 0 Å². The standard InChI is InChI=1S/C31H32FN5O2/c32-26-8-7-25(30(18-26)29-6-2-1-5-24(29)21-37-16-14-33-15-17-37)22-39-28-11-9-27(10-12-28)36-31(38)35-20-23-4-3-13-34-19-23/h1-13,18-19,33H,14-17,20-22H2,(H2,35,36,38). The quantitative estimate of drug-likeness (QED) is 0.280. The van der Waals surface area contributed by atoms with Gasteiger partial charge >= 0.3 is 6.03 Å². The summed E-state index contributed by atoms with van der Waals surface area (Å²) in [5.74, 6) is 0.378. The lowest BCUT2D eigenvalue weighted by Crippen LogP contribution is -2.42. The van der Waals surface area contributed by atoms with Crippen LogP contribution in [0.5, 0.6) is 5.75 Å². The number of carbonyl (C=O) groups is 1. The number of halogens is 1. The number of benzene rings is 3. The molecule has 0 spiro atoms. The number of hydrogen-bond donors (Lipinski definition) is 3. The summed E-state index contributed by atoms with van der Waals surface area (Å²) in [5, 5.41) is 9.01. The van der Waals surface area contributed by atoms with Crippen molar-refractivity contribution in [2.45, 2.75) is 19.7 Å². The molecular weight excluding hydrogens is 493 g/mol. The third kappa shape index (κ3) is 7.40. The summed E-state index contributed by atoms with van der Waals surface area (Å²) in [7, 11) is 0. The summed E-state index contributed by atoms with van der Waals surface area (Å²) < 4.78 is 20.5. The van der Waals surface area contributed by atoms with Gasteiger partial charge in [0.2, 0.25) is 0 Å². The van der Waals surface area contributed by atoms with E-state index >= 15 is 0 Å². The maximum atomic E-state index is 14.4. The Morgan fingerprint density at radius 2 is 1.77 bits per heavy atom. The minimum Gasteiger partial charge on any atom is -0.489 e. The lowest BCUT2D eigenvalue weighted by Gasteiger charge is -2.28. The van der Waals surface area contributed by atoms with Crippen molar-refractivity contribution in [3.05, 3.63) is 114 Å². The molecule has 39 heavy (non-hydrogen) atoms. The van der Waals surface area contributed by atoms with Crippen molar-refractivity contribution >= 4 is 11.7 Å². The lowest BCUT2D eigenvalue weighted by atomic mass is 9.95. The van der Waals surface area contributed by atoms with Gasteiger partial charge in [-0.15, -0.1) is 0 Å². The largest absolute Gasteiger partial charge is 0.489 e. The van der Waals surface area contributed by atoms with Gasteiger partial charge < -0.3 is 20.7 Å². The number of hydrogen-bond acceptors (Lipinski definition) is 5. The zero-order valence-corrected chi connectivity index (χ0v) is 21.7. The van der Waals surface area contributed by atoms with E-state index in [-0.39, 0.29) is 18.5 Å². The molecule has 0 radical (unpaired) electrons. The normalized spacial score (nSPS) is 13.6. The van der Waals surface area contributed by atoms with E-state index in [1.807, 2.05) is 24.3 Å². The number of carbonyl (C=O) groups excluding carboxylic acids is 1. The fourth-order valence-electron chi connectivity index (χ4n) is 4.61. The van der Waals surface area contributed by atoms with Crippen molar-refractivity contribution in [3.63, 3.8) is 0 Å². The highest BCUT2D eigenvalue weighted by molar-refractivity contribution is 5.89. The third-order valence-electron chi connectivity index (χ3n) is 6.67. The minimum atomic E-state index is -0.303. The van der Waals surface area contributed by atoms with Gasteiger partial charge in [-0.25, -0.2) is 9.18 Å². The molecule has 0 unspecified atom stereocenters. The predicted molar refractivity (Wildman–Crippen MR) is 151 cm³/mol. The number of ether oxygens (including phenoxy) is 1. The first-order valence-electron chi connectivity index (χ1n) is 13.1. The monoisotopic (exact) mass is 525 g/mol. The highest BCUT2D eigenvalue weighted by Crippen LogP contribution is 2.30. The third-order valence-corrected chi connectivity index (χ3v) is 6.67. The Morgan fingerprint density at radius 1 is 0.949 bits per heavy atom. The van der Waals surface area contributed by atoms with Crippen molar-refractivity contribution in [1.29, 1.82) is 0 Å². The van der Waals surface area contributed by atoms with Crippen LogP contribution >= 0.6 is 0 Å². The van der Waals surface area contributed by atoms with Crippen molar-refractivity contribution in [1.82, 2.24) is 20.5 Å². The molecule has 4 aromatic rings. The zero-order chi connectivity index (χ0) is 26.9. The molecule has 3 N–H and O–H groups in total. The average Bonchev–Trinajstić information content (AvgIpc) is 2.98. The van der Waals surface area contributed by atoms with Crippen LogP contribution in [0.3, 0.4) is 0 Å². The molecule has 1 fully saturated rings. The van der Waals surface area contributed by atoms with Gasteiger partial charge in [0.1, 0.15) is 18.2 Å². The number of amides is 2. The van der Waals surface area contributed by atoms with E-state index in [0.717, 1.165) is 55.0 Å². The molecular formula is C31H32FN5O2. The molecule has 2 heterocycles. The van der Waals surface area contributed by atoms with Crippen LogP contribution in [0.2, 0.25) is 0 Å². The Hall–Kier alpha value is -4.27. The van der Waals surface area contributed by atoms with Crippen molar-refractivity contribution in [2.75, 3.05) is 31.5 Å². The van der Waals surface area contributed by atoms with Gasteiger partial charge in [0.25, 0.3) is 0 Å². The molecule has 1 aliphatic heterocycles. The van der Waals surface area contributed by atoms with Crippen LogP contribution in [-0.4, -0.2) is 42.1 Å². The number of nitrogens with zero attached hydrogens (tertiary/aromatic N) is 2. The Morgan fingerprint density at radius 3 is 2.56 bits per heavy atom. The van der Waals surface area contributed by atoms with Gasteiger partial charge in [0.15, 0.2) is 0 Å². The predicted octanol–water partition coefficient (Wildman–Crippen LogP) is 5.19. The van der Waals surface area contributed by atoms with Crippen molar-refractivity contribution in [2.24, 2.45) is 0 Å². The number of rotatable bonds is 9. The van der Waals surface area contributed by atoms with Gasteiger partial charge in [-0.3, -0.25) is 9.88 Å². The minimum absolute atomic E-state index is 0.275. The Bertz CT molecular complexity index is 1380. The highest BCUT2D eigenvalue weighted by atomic mass is 19.1.